The molecule has 1 aliphatic carbocycles. The molecule has 1 fully saturated rings. The van der Waals surface area contributed by atoms with Gasteiger partial charge in [-0.15, -0.1) is 0 Å². The Hall–Kier alpha value is -2.13. The Morgan fingerprint density at radius 3 is 2.69 bits per heavy atom. The predicted molar refractivity (Wildman–Crippen MR) is 127 cm³/mol. The Labute approximate surface area is 207 Å². The smallest absolute Gasteiger partial charge is 0.274 e. The summed E-state index contributed by atoms with van der Waals surface area (Å²) in [5, 5.41) is 7.37. The van der Waals surface area contributed by atoms with Gasteiger partial charge in [0.1, 0.15) is 15.3 Å². The zero-order valence-electron chi connectivity index (χ0n) is 16.7. The van der Waals surface area contributed by atoms with Crippen LogP contribution < -0.4 is 5.32 Å². The van der Waals surface area contributed by atoms with Gasteiger partial charge in [0.2, 0.25) is 0 Å². The van der Waals surface area contributed by atoms with Crippen molar-refractivity contribution in [2.75, 3.05) is 5.32 Å². The number of benzene rings is 1. The number of halogens is 4. The zero-order valence-corrected chi connectivity index (χ0v) is 20.6. The number of nitrogens with zero attached hydrogens (tertiary/aromatic N) is 4. The van der Waals surface area contributed by atoms with E-state index < -0.39 is 16.8 Å². The highest BCUT2D eigenvalue weighted by Gasteiger charge is 2.46. The summed E-state index contributed by atoms with van der Waals surface area (Å²) in [6, 6.07) is 11.4. The van der Waals surface area contributed by atoms with Crippen LogP contribution in [0.5, 0.6) is 0 Å². The van der Waals surface area contributed by atoms with Gasteiger partial charge in [0.25, 0.3) is 11.8 Å². The number of alkyl halides is 1. The van der Waals surface area contributed by atoms with E-state index in [-0.39, 0.29) is 11.6 Å². The number of aromatic nitrogens is 3. The van der Waals surface area contributed by atoms with E-state index in [0.717, 1.165) is 17.3 Å². The van der Waals surface area contributed by atoms with Crippen molar-refractivity contribution in [1.29, 1.82) is 0 Å². The summed E-state index contributed by atoms with van der Waals surface area (Å²) < 4.78 is 2.81. The first-order valence-electron chi connectivity index (χ1n) is 9.65. The number of rotatable bonds is 6. The van der Waals surface area contributed by atoms with Crippen molar-refractivity contribution in [1.82, 2.24) is 19.2 Å². The molecular weight excluding hydrogens is 541 g/mol. The molecule has 2 aromatic heterocycles. The molecule has 2 heterocycles. The van der Waals surface area contributed by atoms with Crippen LogP contribution >= 0.6 is 50.9 Å². The maximum absolute atomic E-state index is 13.0. The van der Waals surface area contributed by atoms with Crippen LogP contribution in [0.3, 0.4) is 0 Å². The minimum atomic E-state index is -0.974. The number of pyridine rings is 1. The fraction of sp³-hybridized carbons (Fsp3) is 0.238. The minimum Gasteiger partial charge on any atom is -0.321 e. The highest BCUT2D eigenvalue weighted by atomic mass is 79.9. The maximum atomic E-state index is 13.0. The Balaban J connectivity index is 1.57. The molecule has 0 bridgehead atoms. The Bertz CT molecular complexity index is 1200. The maximum Gasteiger partial charge on any atom is 0.274 e. The molecule has 0 saturated heterocycles. The fourth-order valence-electron chi connectivity index (χ4n) is 3.22. The fourth-order valence-corrected chi connectivity index (χ4v) is 4.32. The third-order valence-corrected chi connectivity index (χ3v) is 6.86. The molecule has 1 N–H and O–H groups in total. The third-order valence-electron chi connectivity index (χ3n) is 5.10. The van der Waals surface area contributed by atoms with Gasteiger partial charge in [-0.3, -0.25) is 9.59 Å². The monoisotopic (exact) mass is 555 g/mol. The second-order valence-corrected chi connectivity index (χ2v) is 9.82. The Morgan fingerprint density at radius 1 is 1.25 bits per heavy atom. The van der Waals surface area contributed by atoms with E-state index in [1.807, 2.05) is 0 Å². The van der Waals surface area contributed by atoms with E-state index in [4.69, 9.17) is 35.0 Å². The van der Waals surface area contributed by atoms with Crippen LogP contribution in [0.1, 0.15) is 40.6 Å². The highest BCUT2D eigenvalue weighted by molar-refractivity contribution is 9.10. The summed E-state index contributed by atoms with van der Waals surface area (Å²) in [6.45, 7) is 1.73. The predicted octanol–water partition coefficient (Wildman–Crippen LogP) is 5.90. The Kier molecular flexibility index (Phi) is 6.49. The van der Waals surface area contributed by atoms with Crippen LogP contribution in [0.15, 0.2) is 53.3 Å². The molecule has 3 aromatic rings. The molecule has 1 saturated carbocycles. The van der Waals surface area contributed by atoms with Gasteiger partial charge in [0.15, 0.2) is 5.82 Å². The third kappa shape index (κ3) is 4.64. The number of carbonyl (C=O) groups excluding carboxylic acids is 2. The molecule has 0 aliphatic heterocycles. The van der Waals surface area contributed by atoms with Gasteiger partial charge in [-0.1, -0.05) is 29.3 Å². The largest absolute Gasteiger partial charge is 0.321 e. The molecule has 1 unspecified atom stereocenters. The first-order valence-corrected chi connectivity index (χ1v) is 11.5. The van der Waals surface area contributed by atoms with E-state index in [1.165, 1.54) is 4.68 Å². The summed E-state index contributed by atoms with van der Waals surface area (Å²) >= 11 is 22.3. The van der Waals surface area contributed by atoms with E-state index in [9.17, 15) is 9.59 Å². The minimum absolute atomic E-state index is 0.158. The quantitative estimate of drug-likeness (QED) is 0.233. The van der Waals surface area contributed by atoms with Gasteiger partial charge in [-0.25, -0.2) is 14.1 Å². The van der Waals surface area contributed by atoms with Crippen LogP contribution in [0, 0.1) is 5.92 Å². The van der Waals surface area contributed by atoms with Gasteiger partial charge < -0.3 is 5.32 Å². The number of anilines is 1. The summed E-state index contributed by atoms with van der Waals surface area (Å²) in [5.41, 5.74) is 0.910. The molecule has 7 nitrogen and oxygen atoms in total. The van der Waals surface area contributed by atoms with Crippen LogP contribution in [0.2, 0.25) is 5.02 Å². The zero-order chi connectivity index (χ0) is 23.0. The van der Waals surface area contributed by atoms with Crippen LogP contribution in [0.4, 0.5) is 5.69 Å². The van der Waals surface area contributed by atoms with E-state index >= 15 is 0 Å². The lowest BCUT2D eigenvalue weighted by Crippen LogP contribution is -2.41. The van der Waals surface area contributed by atoms with Crippen LogP contribution in [-0.2, 0) is 0 Å². The molecule has 0 spiro atoms. The summed E-state index contributed by atoms with van der Waals surface area (Å²) in [7, 11) is 0. The van der Waals surface area contributed by atoms with Gasteiger partial charge in [0, 0.05) is 35.3 Å². The lowest BCUT2D eigenvalue weighted by molar-refractivity contribution is 0.0794. The first-order chi connectivity index (χ1) is 15.2. The van der Waals surface area contributed by atoms with E-state index in [2.05, 4.69) is 31.3 Å². The first kappa shape index (κ1) is 23.0. The van der Waals surface area contributed by atoms with E-state index in [1.54, 1.807) is 55.6 Å². The van der Waals surface area contributed by atoms with Crippen LogP contribution in [0.25, 0.3) is 5.82 Å². The second kappa shape index (κ2) is 9.02. The number of nitrogens with one attached hydrogen (secondary N) is 1. The van der Waals surface area contributed by atoms with Crippen molar-refractivity contribution in [3.63, 3.8) is 0 Å². The van der Waals surface area contributed by atoms with Crippen molar-refractivity contribution in [2.24, 2.45) is 5.92 Å². The average Bonchev–Trinajstić information content (AvgIpc) is 3.56. The summed E-state index contributed by atoms with van der Waals surface area (Å²) in [4.78, 5) is 29.1. The molecule has 1 aliphatic rings. The van der Waals surface area contributed by atoms with Crippen molar-refractivity contribution in [2.45, 2.75) is 24.8 Å². The van der Waals surface area contributed by atoms with Crippen molar-refractivity contribution < 1.29 is 9.59 Å². The molecule has 4 rings (SSSR count). The second-order valence-electron chi connectivity index (χ2n) is 7.49. The van der Waals surface area contributed by atoms with Crippen molar-refractivity contribution >= 4 is 68.4 Å². The molecule has 32 heavy (non-hydrogen) atoms. The molecule has 1 aromatic carbocycles. The molecular formula is C21H17BrCl3N5O2. The van der Waals surface area contributed by atoms with Crippen molar-refractivity contribution in [3.8, 4) is 5.82 Å². The lowest BCUT2D eigenvalue weighted by atomic mass is 10.1. The molecule has 166 valence electrons. The number of hydrogen-bond donors (Lipinski definition) is 1. The van der Waals surface area contributed by atoms with E-state index in [0.29, 0.717) is 26.7 Å². The SMILES string of the molecule is CC(Cl)(C1CC1)N(Cl)C(=O)c1cccc(NC(=O)c2cc(Br)nn2-c2ncccc2Cl)c1. The number of amides is 2. The Morgan fingerprint density at radius 2 is 2.00 bits per heavy atom. The number of carbonyl (C=O) groups is 2. The number of hydrogen-bond acceptors (Lipinski definition) is 4. The molecule has 1 atom stereocenters. The van der Waals surface area contributed by atoms with Gasteiger partial charge in [-0.2, -0.15) is 5.10 Å². The topological polar surface area (TPSA) is 80.1 Å². The lowest BCUT2D eigenvalue weighted by Gasteiger charge is -2.30. The van der Waals surface area contributed by atoms with Crippen molar-refractivity contribution in [3.05, 3.63) is 69.5 Å². The summed E-state index contributed by atoms with van der Waals surface area (Å²) in [5.74, 6) is -0.434. The summed E-state index contributed by atoms with van der Waals surface area (Å²) in [6.07, 6.45) is 3.41. The van der Waals surface area contributed by atoms with Gasteiger partial charge >= 0.3 is 0 Å². The van der Waals surface area contributed by atoms with Gasteiger partial charge in [-0.05, 0) is 71.9 Å². The van der Waals surface area contributed by atoms with Crippen LogP contribution in [-0.4, -0.2) is 36.0 Å². The normalized spacial score (nSPS) is 15.2. The average molecular weight is 558 g/mol. The standard InChI is InChI=1S/C21H17BrCl3N5O2/c1-21(24,13-7-8-13)30(25)20(32)12-4-2-5-14(10-12)27-19(31)16-11-17(22)28-29(16)18-15(23)6-3-9-26-18/h2-6,9-11,13H,7-8H2,1H3,(H,27,31). The molecule has 0 radical (unpaired) electrons. The molecule has 2 amide bonds. The highest BCUT2D eigenvalue weighted by Crippen LogP contribution is 2.46. The van der Waals surface area contributed by atoms with Gasteiger partial charge in [0.05, 0.1) is 5.02 Å². The molecule has 11 heteroatoms.